The van der Waals surface area contributed by atoms with Gasteiger partial charge in [0, 0.05) is 11.9 Å². The minimum Gasteiger partial charge on any atom is -0.550 e. The number of carbonyl (C=O) groups is 1. The molecular weight excluding hydrogens is 241 g/mol. The Balaban J connectivity index is 0.00000289. The molecule has 1 atom stereocenters. The topological polar surface area (TPSA) is 63.6 Å². The van der Waals surface area contributed by atoms with Crippen LogP contribution in [0.25, 0.3) is 0 Å². The number of aliphatic hydroxyl groups is 1. The van der Waals surface area contributed by atoms with Crippen LogP contribution in [0.3, 0.4) is 0 Å². The molecule has 0 saturated carbocycles. The van der Waals surface area contributed by atoms with Gasteiger partial charge in [-0.1, -0.05) is 19.3 Å². The molecule has 0 radical (unpaired) electrons. The third-order valence-electron chi connectivity index (χ3n) is 3.53. The molecule has 0 bridgehead atoms. The summed E-state index contributed by atoms with van der Waals surface area (Å²) in [6.07, 6.45) is 7.58. The van der Waals surface area contributed by atoms with Crippen molar-refractivity contribution in [3.05, 3.63) is 0 Å². The van der Waals surface area contributed by atoms with E-state index >= 15 is 0 Å². The quantitative estimate of drug-likeness (QED) is 0.386. The van der Waals surface area contributed by atoms with Crippen LogP contribution in [-0.4, -0.2) is 42.2 Å². The Kier molecular flexibility index (Phi) is 11.5. The third kappa shape index (κ3) is 7.74. The van der Waals surface area contributed by atoms with Crippen LogP contribution in [0, 0.1) is 5.92 Å². The van der Waals surface area contributed by atoms with Gasteiger partial charge in [-0.3, -0.25) is 0 Å². The van der Waals surface area contributed by atoms with Crippen LogP contribution < -0.4 is 34.7 Å². The molecule has 0 spiro atoms. The Morgan fingerprint density at radius 2 is 1.83 bits per heavy atom. The molecule has 0 aromatic carbocycles. The van der Waals surface area contributed by atoms with Crippen LogP contribution in [0.2, 0.25) is 0 Å². The average Bonchev–Trinajstić information content (AvgIpc) is 2.34. The van der Waals surface area contributed by atoms with Gasteiger partial charge in [0.05, 0.1) is 6.61 Å². The molecule has 1 saturated heterocycles. The fraction of sp³-hybridized carbons (Fsp3) is 0.923. The number of aliphatic carboxylic acids is 1. The van der Waals surface area contributed by atoms with Crippen molar-refractivity contribution < 1.29 is 44.6 Å². The number of nitrogens with zero attached hydrogens (tertiary/aromatic N) is 1. The van der Waals surface area contributed by atoms with Gasteiger partial charge in [-0.25, -0.2) is 0 Å². The molecule has 1 fully saturated rings. The maximum atomic E-state index is 10.6. The van der Waals surface area contributed by atoms with E-state index in [1.54, 1.807) is 0 Å². The minimum atomic E-state index is -1.12. The summed E-state index contributed by atoms with van der Waals surface area (Å²) >= 11 is 0. The zero-order valence-corrected chi connectivity index (χ0v) is 13.6. The van der Waals surface area contributed by atoms with Crippen LogP contribution in [0.5, 0.6) is 0 Å². The molecule has 1 unspecified atom stereocenters. The monoisotopic (exact) mass is 265 g/mol. The van der Waals surface area contributed by atoms with Gasteiger partial charge >= 0.3 is 29.6 Å². The van der Waals surface area contributed by atoms with E-state index in [0.29, 0.717) is 6.42 Å². The first-order valence-corrected chi connectivity index (χ1v) is 6.78. The summed E-state index contributed by atoms with van der Waals surface area (Å²) in [4.78, 5) is 13.1. The second-order valence-corrected chi connectivity index (χ2v) is 4.95. The third-order valence-corrected chi connectivity index (χ3v) is 3.53. The van der Waals surface area contributed by atoms with Crippen LogP contribution in [0.15, 0.2) is 0 Å². The zero-order valence-electron chi connectivity index (χ0n) is 11.6. The average molecular weight is 265 g/mol. The van der Waals surface area contributed by atoms with Gasteiger partial charge in [-0.2, -0.15) is 0 Å². The predicted octanol–water partition coefficient (Wildman–Crippen LogP) is -2.60. The summed E-state index contributed by atoms with van der Waals surface area (Å²) in [5, 5.41) is 19.4. The van der Waals surface area contributed by atoms with E-state index in [-0.39, 0.29) is 36.2 Å². The van der Waals surface area contributed by atoms with Crippen molar-refractivity contribution in [2.24, 2.45) is 5.92 Å². The van der Waals surface area contributed by atoms with Gasteiger partial charge in [0.1, 0.15) is 0 Å². The first-order valence-electron chi connectivity index (χ1n) is 6.78. The van der Waals surface area contributed by atoms with E-state index < -0.39 is 11.9 Å². The van der Waals surface area contributed by atoms with Gasteiger partial charge in [-0.15, -0.1) is 0 Å². The standard InChI is InChI=1S/C13H25NO3.Na/c15-11-12(13(16)17)7-3-1-4-8-14-9-5-2-6-10-14;/h12,15H,1-11H2,(H,16,17);/q;+1/p-1. The number of hydrogen-bond donors (Lipinski definition) is 1. The fourth-order valence-corrected chi connectivity index (χ4v) is 2.37. The summed E-state index contributed by atoms with van der Waals surface area (Å²) in [5.41, 5.74) is 0. The van der Waals surface area contributed by atoms with E-state index in [1.165, 1.54) is 32.4 Å². The predicted molar refractivity (Wildman–Crippen MR) is 64.3 cm³/mol. The second kappa shape index (κ2) is 11.2. The maximum absolute atomic E-state index is 10.6. The van der Waals surface area contributed by atoms with Crippen molar-refractivity contribution in [2.75, 3.05) is 26.2 Å². The molecular formula is C13H24NNaO3. The summed E-state index contributed by atoms with van der Waals surface area (Å²) in [5.74, 6) is -1.80. The van der Waals surface area contributed by atoms with Gasteiger partial charge < -0.3 is 19.9 Å². The smallest absolute Gasteiger partial charge is 0.550 e. The number of hydrogen-bond acceptors (Lipinski definition) is 4. The number of carbonyl (C=O) groups excluding carboxylic acids is 1. The number of piperidine rings is 1. The van der Waals surface area contributed by atoms with Gasteiger partial charge in [0.2, 0.25) is 0 Å². The second-order valence-electron chi connectivity index (χ2n) is 4.95. The molecule has 0 aromatic heterocycles. The van der Waals surface area contributed by atoms with Crippen molar-refractivity contribution in [2.45, 2.75) is 44.9 Å². The molecule has 1 aliphatic heterocycles. The van der Waals surface area contributed by atoms with E-state index in [9.17, 15) is 9.90 Å². The SMILES string of the molecule is O=C([O-])C(CO)CCCCCN1CCCCC1.[Na+]. The molecule has 0 amide bonds. The van der Waals surface area contributed by atoms with Crippen LogP contribution in [0.1, 0.15) is 44.9 Å². The Labute approximate surface area is 132 Å². The van der Waals surface area contributed by atoms with Crippen molar-refractivity contribution in [3.63, 3.8) is 0 Å². The molecule has 1 aliphatic rings. The van der Waals surface area contributed by atoms with Crippen molar-refractivity contribution in [1.29, 1.82) is 0 Å². The Morgan fingerprint density at radius 3 is 2.39 bits per heavy atom. The molecule has 0 aliphatic carbocycles. The van der Waals surface area contributed by atoms with Crippen LogP contribution in [-0.2, 0) is 4.79 Å². The van der Waals surface area contributed by atoms with Crippen molar-refractivity contribution in [3.8, 4) is 0 Å². The van der Waals surface area contributed by atoms with E-state index in [4.69, 9.17) is 5.11 Å². The zero-order chi connectivity index (χ0) is 12.5. The first kappa shape index (κ1) is 18.4. The molecule has 1 N–H and O–H groups in total. The number of likely N-dealkylation sites (tertiary alicyclic amines) is 1. The Morgan fingerprint density at radius 1 is 1.17 bits per heavy atom. The fourth-order valence-electron chi connectivity index (χ4n) is 2.37. The summed E-state index contributed by atoms with van der Waals surface area (Å²) in [6, 6.07) is 0. The van der Waals surface area contributed by atoms with E-state index in [2.05, 4.69) is 4.90 Å². The van der Waals surface area contributed by atoms with Crippen molar-refractivity contribution in [1.82, 2.24) is 4.90 Å². The number of aliphatic hydroxyl groups excluding tert-OH is 1. The largest absolute Gasteiger partial charge is 1.00 e. The molecule has 0 aromatic rings. The normalized spacial score (nSPS) is 18.1. The number of unbranched alkanes of at least 4 members (excludes halogenated alkanes) is 2. The van der Waals surface area contributed by atoms with E-state index in [0.717, 1.165) is 25.8 Å². The summed E-state index contributed by atoms with van der Waals surface area (Å²) in [7, 11) is 0. The van der Waals surface area contributed by atoms with Gasteiger partial charge in [0.25, 0.3) is 0 Å². The molecule has 1 rings (SSSR count). The maximum Gasteiger partial charge on any atom is 1.00 e. The van der Waals surface area contributed by atoms with Crippen LogP contribution in [0.4, 0.5) is 0 Å². The summed E-state index contributed by atoms with van der Waals surface area (Å²) < 4.78 is 0. The molecule has 4 nitrogen and oxygen atoms in total. The van der Waals surface area contributed by atoms with Gasteiger partial charge in [-0.05, 0) is 45.3 Å². The molecule has 5 heteroatoms. The Bertz CT molecular complexity index is 220. The van der Waals surface area contributed by atoms with Gasteiger partial charge in [0.15, 0.2) is 0 Å². The molecule has 100 valence electrons. The van der Waals surface area contributed by atoms with Crippen molar-refractivity contribution >= 4 is 5.97 Å². The van der Waals surface area contributed by atoms with Crippen LogP contribution >= 0.6 is 0 Å². The Hall–Kier alpha value is 0.390. The number of rotatable bonds is 8. The minimum absolute atomic E-state index is 0. The number of carboxylic acid groups (broad SMARTS) is 1. The molecule has 1 heterocycles. The first-order chi connectivity index (χ1) is 8.24. The molecule has 18 heavy (non-hydrogen) atoms. The number of carboxylic acids is 1. The summed E-state index contributed by atoms with van der Waals surface area (Å²) in [6.45, 7) is 3.28. The van der Waals surface area contributed by atoms with E-state index in [1.807, 2.05) is 0 Å².